The Bertz CT molecular complexity index is 105. The third-order valence-corrected chi connectivity index (χ3v) is 3.03. The van der Waals surface area contributed by atoms with Crippen LogP contribution in [0.5, 0.6) is 0 Å². The van der Waals surface area contributed by atoms with E-state index in [-0.39, 0.29) is 0 Å². The van der Waals surface area contributed by atoms with Crippen molar-refractivity contribution in [2.45, 2.75) is 12.2 Å². The van der Waals surface area contributed by atoms with E-state index in [1.165, 1.54) is 0 Å². The van der Waals surface area contributed by atoms with E-state index in [1.54, 1.807) is 0 Å². The van der Waals surface area contributed by atoms with E-state index in [9.17, 15) is 4.21 Å². The van der Waals surface area contributed by atoms with Crippen molar-refractivity contribution in [3.63, 3.8) is 0 Å². The first kappa shape index (κ1) is 6.23. The van der Waals surface area contributed by atoms with E-state index in [0.717, 1.165) is 18.8 Å². The summed E-state index contributed by atoms with van der Waals surface area (Å²) in [6, 6.07) is 0. The van der Waals surface area contributed by atoms with Crippen LogP contribution in [0.2, 0.25) is 0 Å². The minimum Gasteiger partial charge on any atom is -0.315 e. The van der Waals surface area contributed by atoms with Crippen molar-refractivity contribution < 1.29 is 4.21 Å². The lowest BCUT2D eigenvalue weighted by Gasteiger charge is -2.17. The number of rotatable bonds is 0. The number of nitrogens with one attached hydrogen (secondary N) is 1. The van der Waals surface area contributed by atoms with Crippen molar-refractivity contribution in [1.29, 1.82) is 0 Å². The lowest BCUT2D eigenvalue weighted by molar-refractivity contribution is 0.628. The third kappa shape index (κ3) is 1.29. The molecule has 0 aromatic rings. The molecule has 0 radical (unpaired) electrons. The Balaban J connectivity index is 2.39. The fourth-order valence-corrected chi connectivity index (χ4v) is 1.82. The first-order valence-electron chi connectivity index (χ1n) is 2.88. The molecule has 0 spiro atoms. The van der Waals surface area contributed by atoms with Crippen molar-refractivity contribution in [2.24, 2.45) is 0 Å². The van der Waals surface area contributed by atoms with Crippen LogP contribution in [0.25, 0.3) is 0 Å². The normalized spacial score (nSPS) is 39.6. The van der Waals surface area contributed by atoms with Gasteiger partial charge in [-0.1, -0.05) is 0 Å². The fraction of sp³-hybridized carbons (Fsp3) is 1.00. The average molecular weight is 133 g/mol. The standard InChI is InChI=1S/C5H11NOS/c1-5-4-6-2-3-8(5)7/h5-6H,2-4H2,1H3/t5-,8-/m0/s1. The molecule has 8 heavy (non-hydrogen) atoms. The molecule has 1 N–H and O–H groups in total. The molecule has 0 aromatic heterocycles. The van der Waals surface area contributed by atoms with E-state index in [4.69, 9.17) is 0 Å². The summed E-state index contributed by atoms with van der Waals surface area (Å²) in [7, 11) is -0.547. The van der Waals surface area contributed by atoms with Crippen LogP contribution in [0.1, 0.15) is 6.92 Å². The predicted octanol–water partition coefficient (Wildman–Crippen LogP) is -0.273. The van der Waals surface area contributed by atoms with Crippen LogP contribution in [0.4, 0.5) is 0 Å². The maximum Gasteiger partial charge on any atom is 0.0444 e. The van der Waals surface area contributed by atoms with Gasteiger partial charge < -0.3 is 5.32 Å². The average Bonchev–Trinajstić information content (AvgIpc) is 1.77. The maximum absolute atomic E-state index is 10.9. The first-order valence-corrected chi connectivity index (χ1v) is 4.27. The Labute approximate surface area is 52.1 Å². The van der Waals surface area contributed by atoms with Gasteiger partial charge in [0.05, 0.1) is 0 Å². The molecule has 1 fully saturated rings. The highest BCUT2D eigenvalue weighted by Crippen LogP contribution is 1.97. The molecule has 1 saturated heterocycles. The molecule has 48 valence electrons. The molecule has 1 aliphatic heterocycles. The maximum atomic E-state index is 10.9. The van der Waals surface area contributed by atoms with Gasteiger partial charge in [0.15, 0.2) is 0 Å². The predicted molar refractivity (Wildman–Crippen MR) is 35.3 cm³/mol. The van der Waals surface area contributed by atoms with Gasteiger partial charge in [0.2, 0.25) is 0 Å². The van der Waals surface area contributed by atoms with Crippen LogP contribution in [-0.2, 0) is 10.8 Å². The van der Waals surface area contributed by atoms with Crippen molar-refractivity contribution >= 4 is 10.8 Å². The molecule has 0 aliphatic carbocycles. The highest BCUT2D eigenvalue weighted by atomic mass is 32.2. The molecule has 0 aromatic carbocycles. The van der Waals surface area contributed by atoms with Gasteiger partial charge in [-0.15, -0.1) is 0 Å². The zero-order valence-electron chi connectivity index (χ0n) is 5.02. The number of hydrogen-bond acceptors (Lipinski definition) is 2. The van der Waals surface area contributed by atoms with E-state index in [2.05, 4.69) is 5.32 Å². The smallest absolute Gasteiger partial charge is 0.0444 e. The quantitative estimate of drug-likeness (QED) is 0.493. The van der Waals surface area contributed by atoms with Gasteiger partial charge in [-0.3, -0.25) is 4.21 Å². The third-order valence-electron chi connectivity index (χ3n) is 1.36. The SMILES string of the molecule is C[C@H]1CNCC[S@@]1=O. The zero-order chi connectivity index (χ0) is 5.98. The lowest BCUT2D eigenvalue weighted by Crippen LogP contribution is -2.38. The second kappa shape index (κ2) is 2.60. The summed E-state index contributed by atoms with van der Waals surface area (Å²) in [5.41, 5.74) is 0. The molecule has 1 heterocycles. The summed E-state index contributed by atoms with van der Waals surface area (Å²) in [5.74, 6) is 0.834. The van der Waals surface area contributed by atoms with Gasteiger partial charge in [0.25, 0.3) is 0 Å². The molecule has 2 atom stereocenters. The van der Waals surface area contributed by atoms with E-state index < -0.39 is 10.8 Å². The molecule has 1 rings (SSSR count). The summed E-state index contributed by atoms with van der Waals surface area (Å²) >= 11 is 0. The molecule has 1 aliphatic rings. The molecule has 0 unspecified atom stereocenters. The summed E-state index contributed by atoms with van der Waals surface area (Å²) in [5, 5.41) is 3.54. The highest BCUT2D eigenvalue weighted by molar-refractivity contribution is 7.85. The molecular formula is C5H11NOS. The first-order chi connectivity index (χ1) is 3.80. The summed E-state index contributed by atoms with van der Waals surface area (Å²) in [6.45, 7) is 3.87. The van der Waals surface area contributed by atoms with Crippen LogP contribution in [-0.4, -0.2) is 28.3 Å². The Morgan fingerprint density at radius 2 is 2.50 bits per heavy atom. The second-order valence-corrected chi connectivity index (χ2v) is 4.07. The Kier molecular flexibility index (Phi) is 2.02. The summed E-state index contributed by atoms with van der Waals surface area (Å²) in [4.78, 5) is 0. The van der Waals surface area contributed by atoms with Gasteiger partial charge >= 0.3 is 0 Å². The molecule has 0 bridgehead atoms. The Morgan fingerprint density at radius 1 is 1.75 bits per heavy atom. The lowest BCUT2D eigenvalue weighted by atomic mass is 10.4. The molecule has 3 heteroatoms. The van der Waals surface area contributed by atoms with Gasteiger partial charge in [0, 0.05) is 34.9 Å². The minimum atomic E-state index is -0.547. The van der Waals surface area contributed by atoms with Gasteiger partial charge in [0.1, 0.15) is 0 Å². The Morgan fingerprint density at radius 3 is 2.88 bits per heavy atom. The van der Waals surface area contributed by atoms with Crippen molar-refractivity contribution in [2.75, 3.05) is 18.8 Å². The van der Waals surface area contributed by atoms with Gasteiger partial charge in [-0.25, -0.2) is 0 Å². The molecular weight excluding hydrogens is 122 g/mol. The second-order valence-electron chi connectivity index (χ2n) is 2.10. The van der Waals surface area contributed by atoms with Crippen LogP contribution < -0.4 is 5.32 Å². The van der Waals surface area contributed by atoms with Crippen LogP contribution >= 0.6 is 0 Å². The van der Waals surface area contributed by atoms with E-state index >= 15 is 0 Å². The topological polar surface area (TPSA) is 29.1 Å². The molecule has 0 saturated carbocycles. The minimum absolute atomic E-state index is 0.365. The molecule has 2 nitrogen and oxygen atoms in total. The fourth-order valence-electron chi connectivity index (χ4n) is 0.772. The zero-order valence-corrected chi connectivity index (χ0v) is 5.83. The van der Waals surface area contributed by atoms with Crippen LogP contribution in [0, 0.1) is 0 Å². The van der Waals surface area contributed by atoms with Gasteiger partial charge in [-0.05, 0) is 6.92 Å². The molecule has 0 amide bonds. The van der Waals surface area contributed by atoms with Gasteiger partial charge in [-0.2, -0.15) is 0 Å². The van der Waals surface area contributed by atoms with Crippen LogP contribution in [0.3, 0.4) is 0 Å². The largest absolute Gasteiger partial charge is 0.315 e. The highest BCUT2D eigenvalue weighted by Gasteiger charge is 2.13. The van der Waals surface area contributed by atoms with E-state index in [0.29, 0.717) is 5.25 Å². The summed E-state index contributed by atoms with van der Waals surface area (Å²) in [6.07, 6.45) is 0. The van der Waals surface area contributed by atoms with E-state index in [1.807, 2.05) is 6.92 Å². The van der Waals surface area contributed by atoms with Crippen molar-refractivity contribution in [1.82, 2.24) is 5.32 Å². The number of hydrogen-bond donors (Lipinski definition) is 1. The Hall–Kier alpha value is 0.110. The summed E-state index contributed by atoms with van der Waals surface area (Å²) < 4.78 is 10.9. The van der Waals surface area contributed by atoms with Crippen LogP contribution in [0.15, 0.2) is 0 Å². The van der Waals surface area contributed by atoms with Crippen molar-refractivity contribution in [3.05, 3.63) is 0 Å². The monoisotopic (exact) mass is 133 g/mol. The van der Waals surface area contributed by atoms with Crippen molar-refractivity contribution in [3.8, 4) is 0 Å².